The lowest BCUT2D eigenvalue weighted by Crippen LogP contribution is -2.06. The van der Waals surface area contributed by atoms with Gasteiger partial charge < -0.3 is 5.32 Å². The molecule has 2 nitrogen and oxygen atoms in total. The van der Waals surface area contributed by atoms with Crippen molar-refractivity contribution in [3.8, 4) is 0 Å². The maximum absolute atomic E-state index is 12.4. The molecule has 0 radical (unpaired) electrons. The zero-order valence-electron chi connectivity index (χ0n) is 10.6. The van der Waals surface area contributed by atoms with E-state index in [9.17, 15) is 13.2 Å². The first-order valence-electron chi connectivity index (χ1n) is 5.88. The predicted octanol–water partition coefficient (Wildman–Crippen LogP) is 4.67. The van der Waals surface area contributed by atoms with Crippen LogP contribution < -0.4 is 5.32 Å². The third-order valence-corrected chi connectivity index (χ3v) is 3.04. The number of nitrogens with zero attached hydrogens (tertiary/aromatic N) is 1. The Morgan fingerprint density at radius 1 is 1.20 bits per heavy atom. The second kappa shape index (κ2) is 5.71. The molecule has 0 aliphatic heterocycles. The van der Waals surface area contributed by atoms with E-state index < -0.39 is 11.7 Å². The molecule has 0 unspecified atom stereocenters. The molecule has 0 spiro atoms. The van der Waals surface area contributed by atoms with Crippen LogP contribution in [0.15, 0.2) is 36.5 Å². The van der Waals surface area contributed by atoms with Crippen LogP contribution in [0.5, 0.6) is 0 Å². The highest BCUT2D eigenvalue weighted by atomic mass is 35.5. The third-order valence-electron chi connectivity index (χ3n) is 2.74. The molecule has 0 bridgehead atoms. The molecule has 0 saturated heterocycles. The van der Waals surface area contributed by atoms with Crippen molar-refractivity contribution in [2.24, 2.45) is 0 Å². The Labute approximate surface area is 119 Å². The number of rotatable bonds is 3. The number of benzene rings is 1. The first-order chi connectivity index (χ1) is 9.36. The average Bonchev–Trinajstić information content (AvgIpc) is 2.39. The second-order valence-corrected chi connectivity index (χ2v) is 4.76. The maximum atomic E-state index is 12.4. The van der Waals surface area contributed by atoms with E-state index in [-0.39, 0.29) is 0 Å². The van der Waals surface area contributed by atoms with Crippen LogP contribution in [0.1, 0.15) is 16.7 Å². The lowest BCUT2D eigenvalue weighted by atomic mass is 10.1. The van der Waals surface area contributed by atoms with Crippen LogP contribution in [0.3, 0.4) is 0 Å². The zero-order valence-corrected chi connectivity index (χ0v) is 11.4. The van der Waals surface area contributed by atoms with E-state index in [1.165, 1.54) is 12.1 Å². The Hall–Kier alpha value is -1.75. The molecule has 0 aliphatic rings. The van der Waals surface area contributed by atoms with Gasteiger partial charge in [-0.25, -0.2) is 4.98 Å². The van der Waals surface area contributed by atoms with Crippen molar-refractivity contribution in [1.29, 1.82) is 0 Å². The predicted molar refractivity (Wildman–Crippen MR) is 72.8 cm³/mol. The molecule has 1 aromatic carbocycles. The number of pyridine rings is 1. The number of aromatic nitrogens is 1. The van der Waals surface area contributed by atoms with Crippen LogP contribution >= 0.6 is 11.6 Å². The van der Waals surface area contributed by atoms with E-state index in [1.54, 1.807) is 6.20 Å². The fourth-order valence-corrected chi connectivity index (χ4v) is 1.86. The lowest BCUT2D eigenvalue weighted by molar-refractivity contribution is -0.137. The monoisotopic (exact) mass is 300 g/mol. The van der Waals surface area contributed by atoms with Crippen molar-refractivity contribution in [3.63, 3.8) is 0 Å². The number of hydrogen-bond donors (Lipinski definition) is 1. The van der Waals surface area contributed by atoms with Gasteiger partial charge in [-0.15, -0.1) is 0 Å². The van der Waals surface area contributed by atoms with Gasteiger partial charge in [0.1, 0.15) is 0 Å². The van der Waals surface area contributed by atoms with Crippen LogP contribution in [0.25, 0.3) is 0 Å². The van der Waals surface area contributed by atoms with Gasteiger partial charge in [-0.3, -0.25) is 0 Å². The SMILES string of the molecule is Cc1cnc(Cl)c(NCc2ccc(C(F)(F)F)cc2)c1. The molecule has 0 amide bonds. The minimum Gasteiger partial charge on any atom is -0.378 e. The molecule has 2 aromatic rings. The van der Waals surface area contributed by atoms with Crippen molar-refractivity contribution >= 4 is 17.3 Å². The molecule has 6 heteroatoms. The minimum absolute atomic E-state index is 0.336. The molecule has 1 aromatic heterocycles. The summed E-state index contributed by atoms with van der Waals surface area (Å²) >= 11 is 5.93. The van der Waals surface area contributed by atoms with E-state index in [0.29, 0.717) is 17.4 Å². The Morgan fingerprint density at radius 3 is 2.45 bits per heavy atom. The number of alkyl halides is 3. The normalized spacial score (nSPS) is 11.4. The van der Waals surface area contributed by atoms with Gasteiger partial charge in [-0.1, -0.05) is 23.7 Å². The largest absolute Gasteiger partial charge is 0.416 e. The van der Waals surface area contributed by atoms with Crippen molar-refractivity contribution in [2.75, 3.05) is 5.32 Å². The van der Waals surface area contributed by atoms with Gasteiger partial charge in [0.25, 0.3) is 0 Å². The molecular weight excluding hydrogens is 289 g/mol. The van der Waals surface area contributed by atoms with Crippen molar-refractivity contribution in [1.82, 2.24) is 4.98 Å². The summed E-state index contributed by atoms with van der Waals surface area (Å²) in [5, 5.41) is 3.39. The van der Waals surface area contributed by atoms with Gasteiger partial charge in [0.05, 0.1) is 11.3 Å². The van der Waals surface area contributed by atoms with Gasteiger partial charge in [-0.05, 0) is 36.2 Å². The molecule has 0 aliphatic carbocycles. The highest BCUT2D eigenvalue weighted by Gasteiger charge is 2.29. The number of hydrogen-bond acceptors (Lipinski definition) is 2. The topological polar surface area (TPSA) is 24.9 Å². The minimum atomic E-state index is -4.31. The Bertz CT molecular complexity index is 594. The molecule has 0 saturated carbocycles. The molecule has 0 fully saturated rings. The summed E-state index contributed by atoms with van der Waals surface area (Å²) in [6.45, 7) is 2.26. The van der Waals surface area contributed by atoms with Gasteiger partial charge >= 0.3 is 6.18 Å². The fourth-order valence-electron chi connectivity index (χ4n) is 1.69. The first kappa shape index (κ1) is 14.7. The standard InChI is InChI=1S/C14H12ClF3N2/c1-9-6-12(13(15)20-7-9)19-8-10-2-4-11(5-3-10)14(16,17)18/h2-7,19H,8H2,1H3. The molecule has 0 atom stereocenters. The van der Waals surface area contributed by atoms with Crippen LogP contribution in [-0.4, -0.2) is 4.98 Å². The number of nitrogens with one attached hydrogen (secondary N) is 1. The molecular formula is C14H12ClF3N2. The summed E-state index contributed by atoms with van der Waals surface area (Å²) in [7, 11) is 0. The highest BCUT2D eigenvalue weighted by Crippen LogP contribution is 2.29. The van der Waals surface area contributed by atoms with E-state index >= 15 is 0 Å². The third kappa shape index (κ3) is 3.63. The Balaban J connectivity index is 2.06. The summed E-state index contributed by atoms with van der Waals surface area (Å²) in [5.74, 6) is 0. The first-order valence-corrected chi connectivity index (χ1v) is 6.26. The summed E-state index contributed by atoms with van der Waals surface area (Å²) in [4.78, 5) is 3.99. The lowest BCUT2D eigenvalue weighted by Gasteiger charge is -2.10. The van der Waals surface area contributed by atoms with Crippen molar-refractivity contribution in [2.45, 2.75) is 19.6 Å². The average molecular weight is 301 g/mol. The highest BCUT2D eigenvalue weighted by molar-refractivity contribution is 6.31. The quantitative estimate of drug-likeness (QED) is 0.833. The number of halogens is 4. The Kier molecular flexibility index (Phi) is 4.18. The second-order valence-electron chi connectivity index (χ2n) is 4.40. The molecule has 2 rings (SSSR count). The van der Waals surface area contributed by atoms with Crippen LogP contribution in [0.4, 0.5) is 18.9 Å². The number of aryl methyl sites for hydroxylation is 1. The zero-order chi connectivity index (χ0) is 14.8. The molecule has 106 valence electrons. The molecule has 1 N–H and O–H groups in total. The van der Waals surface area contributed by atoms with Gasteiger partial charge in [-0.2, -0.15) is 13.2 Å². The fraction of sp³-hybridized carbons (Fsp3) is 0.214. The van der Waals surface area contributed by atoms with E-state index in [4.69, 9.17) is 11.6 Å². The van der Waals surface area contributed by atoms with Gasteiger partial charge in [0.2, 0.25) is 0 Å². The smallest absolute Gasteiger partial charge is 0.378 e. The summed E-state index contributed by atoms with van der Waals surface area (Å²) in [5.41, 5.74) is 1.68. The molecule has 1 heterocycles. The van der Waals surface area contributed by atoms with Crippen LogP contribution in [0.2, 0.25) is 5.15 Å². The van der Waals surface area contributed by atoms with Gasteiger partial charge in [0, 0.05) is 12.7 Å². The summed E-state index contributed by atoms with van der Waals surface area (Å²) < 4.78 is 37.3. The van der Waals surface area contributed by atoms with Crippen molar-refractivity contribution < 1.29 is 13.2 Å². The molecule has 20 heavy (non-hydrogen) atoms. The van der Waals surface area contributed by atoms with Crippen LogP contribution in [0, 0.1) is 6.92 Å². The van der Waals surface area contributed by atoms with Crippen molar-refractivity contribution in [3.05, 3.63) is 58.4 Å². The maximum Gasteiger partial charge on any atom is 0.416 e. The van der Waals surface area contributed by atoms with Crippen LogP contribution in [-0.2, 0) is 12.7 Å². The summed E-state index contributed by atoms with van der Waals surface area (Å²) in [6.07, 6.45) is -2.67. The van der Waals surface area contributed by atoms with Gasteiger partial charge in [0.15, 0.2) is 5.15 Å². The van der Waals surface area contributed by atoms with E-state index in [0.717, 1.165) is 23.3 Å². The Morgan fingerprint density at radius 2 is 1.85 bits per heavy atom. The van der Waals surface area contributed by atoms with E-state index in [1.807, 2.05) is 13.0 Å². The van der Waals surface area contributed by atoms with E-state index in [2.05, 4.69) is 10.3 Å². The number of anilines is 1. The summed E-state index contributed by atoms with van der Waals surface area (Å²) in [6, 6.07) is 6.83.